The first-order valence-electron chi connectivity index (χ1n) is 5.52. The van der Waals surface area contributed by atoms with Gasteiger partial charge in [0.1, 0.15) is 5.69 Å². The zero-order valence-corrected chi connectivity index (χ0v) is 9.62. The van der Waals surface area contributed by atoms with Crippen molar-refractivity contribution < 1.29 is 4.84 Å². The average molecular weight is 245 g/mol. The molecular formula is C11H11N5O2. The van der Waals surface area contributed by atoms with Gasteiger partial charge in [-0.05, 0) is 13.1 Å². The number of aromatic nitrogens is 2. The number of nitrogens with zero attached hydrogens (tertiary/aromatic N) is 3. The molecule has 0 bridgehead atoms. The van der Waals surface area contributed by atoms with Crippen LogP contribution in [0.1, 0.15) is 18.5 Å². The molecule has 18 heavy (non-hydrogen) atoms. The van der Waals surface area contributed by atoms with Crippen molar-refractivity contribution >= 4 is 5.82 Å². The van der Waals surface area contributed by atoms with Crippen molar-refractivity contribution in [3.8, 4) is 12.3 Å². The van der Waals surface area contributed by atoms with Crippen molar-refractivity contribution in [2.45, 2.75) is 25.1 Å². The summed E-state index contributed by atoms with van der Waals surface area (Å²) in [6.07, 6.45) is 8.26. The molecule has 1 aromatic rings. The molecule has 7 heteroatoms. The van der Waals surface area contributed by atoms with Gasteiger partial charge >= 0.3 is 5.69 Å². The quantitative estimate of drug-likeness (QED) is 0.732. The third-order valence-electron chi connectivity index (χ3n) is 2.88. The fraction of sp³-hybridized carbons (Fsp3) is 0.364. The fourth-order valence-electron chi connectivity index (χ4n) is 2.02. The number of imidazole rings is 1. The average Bonchev–Trinajstić information content (AvgIpc) is 2.94. The number of nitrogens with one attached hydrogen (secondary N) is 2. The van der Waals surface area contributed by atoms with Gasteiger partial charge in [0.05, 0.1) is 5.92 Å². The highest BCUT2D eigenvalue weighted by atomic mass is 16.7. The summed E-state index contributed by atoms with van der Waals surface area (Å²) in [5.41, 5.74) is 0.241. The summed E-state index contributed by atoms with van der Waals surface area (Å²) >= 11 is 0. The van der Waals surface area contributed by atoms with Gasteiger partial charge in [-0.1, -0.05) is 12.0 Å². The maximum absolute atomic E-state index is 11.8. The predicted octanol–water partition coefficient (Wildman–Crippen LogP) is 0.251. The minimum atomic E-state index is -0.502. The molecule has 0 amide bonds. The molecule has 0 saturated carbocycles. The number of fused-ring (bicyclic) bond motifs is 3. The van der Waals surface area contributed by atoms with E-state index in [-0.39, 0.29) is 12.1 Å². The van der Waals surface area contributed by atoms with Crippen LogP contribution in [-0.4, -0.2) is 22.0 Å². The van der Waals surface area contributed by atoms with E-state index in [1.165, 1.54) is 4.73 Å². The topological polar surface area (TPSA) is 83.8 Å². The fourth-order valence-corrected chi connectivity index (χ4v) is 2.02. The first-order valence-corrected chi connectivity index (χ1v) is 5.52. The first-order chi connectivity index (χ1) is 8.70. The molecule has 92 valence electrons. The summed E-state index contributed by atoms with van der Waals surface area (Å²) in [4.78, 5) is 19.8. The highest BCUT2D eigenvalue weighted by molar-refractivity contribution is 5.42. The Kier molecular flexibility index (Phi) is 2.23. The monoisotopic (exact) mass is 245 g/mol. The van der Waals surface area contributed by atoms with Crippen LogP contribution in [0, 0.1) is 12.3 Å². The zero-order valence-electron chi connectivity index (χ0n) is 9.62. The lowest BCUT2D eigenvalue weighted by molar-refractivity contribution is 0.0677. The van der Waals surface area contributed by atoms with Gasteiger partial charge in [0.15, 0.2) is 18.1 Å². The standard InChI is InChI=1S/C11H11N5O2/c1-3-6(2)18-16-8-7-4-5-12-9(7)14-15-10(8)13-11(16)17/h1,4-7,9,12H,2H3,(H,13,17). The van der Waals surface area contributed by atoms with E-state index in [2.05, 4.69) is 26.4 Å². The SMILES string of the molecule is C#CC(C)On1c2c([nH]c1=O)N=NC1NC=CC21. The van der Waals surface area contributed by atoms with E-state index in [9.17, 15) is 4.79 Å². The molecule has 0 aliphatic carbocycles. The van der Waals surface area contributed by atoms with E-state index in [0.29, 0.717) is 11.5 Å². The van der Waals surface area contributed by atoms with Gasteiger partial charge in [0, 0.05) is 0 Å². The number of rotatable bonds is 2. The van der Waals surface area contributed by atoms with E-state index in [1.54, 1.807) is 13.1 Å². The molecule has 7 nitrogen and oxygen atoms in total. The van der Waals surface area contributed by atoms with E-state index in [4.69, 9.17) is 11.3 Å². The molecule has 3 unspecified atom stereocenters. The van der Waals surface area contributed by atoms with Crippen molar-refractivity contribution in [2.24, 2.45) is 10.2 Å². The van der Waals surface area contributed by atoms with Crippen molar-refractivity contribution in [1.82, 2.24) is 15.0 Å². The van der Waals surface area contributed by atoms with Crippen LogP contribution in [-0.2, 0) is 0 Å². The van der Waals surface area contributed by atoms with Crippen molar-refractivity contribution in [3.05, 3.63) is 28.5 Å². The summed E-state index contributed by atoms with van der Waals surface area (Å²) < 4.78 is 1.17. The molecular weight excluding hydrogens is 234 g/mol. The molecule has 0 aromatic carbocycles. The maximum Gasteiger partial charge on any atom is 0.360 e. The largest absolute Gasteiger partial charge is 0.393 e. The smallest absolute Gasteiger partial charge is 0.360 e. The van der Waals surface area contributed by atoms with Crippen LogP contribution in [0.3, 0.4) is 0 Å². The molecule has 0 fully saturated rings. The lowest BCUT2D eigenvalue weighted by Gasteiger charge is -2.20. The van der Waals surface area contributed by atoms with E-state index in [0.717, 1.165) is 0 Å². The van der Waals surface area contributed by atoms with Crippen molar-refractivity contribution in [2.75, 3.05) is 0 Å². The number of hydrogen-bond acceptors (Lipinski definition) is 5. The maximum atomic E-state index is 11.8. The summed E-state index contributed by atoms with van der Waals surface area (Å²) in [5.74, 6) is 2.75. The molecule has 2 aliphatic rings. The van der Waals surface area contributed by atoms with E-state index in [1.807, 2.05) is 6.08 Å². The highest BCUT2D eigenvalue weighted by Crippen LogP contribution is 2.35. The van der Waals surface area contributed by atoms with Crippen LogP contribution in [0.15, 0.2) is 27.3 Å². The molecule has 0 radical (unpaired) electrons. The van der Waals surface area contributed by atoms with Crippen LogP contribution in [0.4, 0.5) is 5.82 Å². The molecule has 2 aliphatic heterocycles. The van der Waals surface area contributed by atoms with Crippen molar-refractivity contribution in [3.63, 3.8) is 0 Å². The Morgan fingerprint density at radius 1 is 1.67 bits per heavy atom. The van der Waals surface area contributed by atoms with Gasteiger partial charge < -0.3 is 10.2 Å². The van der Waals surface area contributed by atoms with Gasteiger partial charge in [-0.3, -0.25) is 4.98 Å². The summed E-state index contributed by atoms with van der Waals surface area (Å²) in [7, 11) is 0. The Morgan fingerprint density at radius 2 is 2.50 bits per heavy atom. The number of terminal acetylenes is 1. The first kappa shape index (κ1) is 10.7. The van der Waals surface area contributed by atoms with Gasteiger partial charge in [-0.2, -0.15) is 5.11 Å². The second kappa shape index (κ2) is 3.77. The lowest BCUT2D eigenvalue weighted by atomic mass is 10.0. The minimum absolute atomic E-state index is 0.0820. The highest BCUT2D eigenvalue weighted by Gasteiger charge is 2.35. The molecule has 1 aromatic heterocycles. The Bertz CT molecular complexity index is 633. The Morgan fingerprint density at radius 3 is 3.28 bits per heavy atom. The van der Waals surface area contributed by atoms with Crippen LogP contribution in [0.5, 0.6) is 0 Å². The van der Waals surface area contributed by atoms with E-state index >= 15 is 0 Å². The van der Waals surface area contributed by atoms with Gasteiger partial charge in [-0.25, -0.2) is 4.79 Å². The zero-order chi connectivity index (χ0) is 12.7. The van der Waals surface area contributed by atoms with Gasteiger partial charge in [0.25, 0.3) is 0 Å². The summed E-state index contributed by atoms with van der Waals surface area (Å²) in [5, 5.41) is 11.1. The minimum Gasteiger partial charge on any atom is -0.393 e. The van der Waals surface area contributed by atoms with Crippen LogP contribution < -0.4 is 15.8 Å². The Labute approximate surface area is 103 Å². The third kappa shape index (κ3) is 1.43. The molecule has 3 rings (SSSR count). The Balaban J connectivity index is 2.09. The summed E-state index contributed by atoms with van der Waals surface area (Å²) in [6, 6.07) is 0. The van der Waals surface area contributed by atoms with Gasteiger partial charge in [0.2, 0.25) is 0 Å². The second-order valence-electron chi connectivity index (χ2n) is 4.08. The van der Waals surface area contributed by atoms with Crippen molar-refractivity contribution in [1.29, 1.82) is 0 Å². The molecule has 0 saturated heterocycles. The van der Waals surface area contributed by atoms with Crippen LogP contribution >= 0.6 is 0 Å². The lowest BCUT2D eigenvalue weighted by Crippen LogP contribution is -2.34. The molecule has 3 heterocycles. The van der Waals surface area contributed by atoms with E-state index < -0.39 is 11.8 Å². The normalized spacial score (nSPS) is 24.9. The second-order valence-corrected chi connectivity index (χ2v) is 4.08. The third-order valence-corrected chi connectivity index (χ3v) is 2.88. The Hall–Kier alpha value is -2.49. The number of azo groups is 1. The molecule has 0 spiro atoms. The van der Waals surface area contributed by atoms with Crippen LogP contribution in [0.2, 0.25) is 0 Å². The summed E-state index contributed by atoms with van der Waals surface area (Å²) in [6.45, 7) is 1.69. The number of H-pyrrole nitrogens is 1. The number of hydrogen-bond donors (Lipinski definition) is 2. The van der Waals surface area contributed by atoms with Gasteiger partial charge in [-0.15, -0.1) is 16.3 Å². The predicted molar refractivity (Wildman–Crippen MR) is 63.2 cm³/mol. The molecule has 2 N–H and O–H groups in total. The number of aromatic amines is 1. The van der Waals surface area contributed by atoms with Crippen LogP contribution in [0.25, 0.3) is 0 Å². The molecule has 3 atom stereocenters.